The number of hydrogen-bond acceptors (Lipinski definition) is 3. The lowest BCUT2D eigenvalue weighted by Gasteiger charge is -2.06. The van der Waals surface area contributed by atoms with Gasteiger partial charge in [-0.1, -0.05) is 11.6 Å². The van der Waals surface area contributed by atoms with Crippen molar-refractivity contribution in [3.8, 4) is 0 Å². The molecule has 0 bridgehead atoms. The second-order valence-corrected chi connectivity index (χ2v) is 5.76. The van der Waals surface area contributed by atoms with Crippen molar-refractivity contribution in [1.29, 1.82) is 0 Å². The Morgan fingerprint density at radius 3 is 3.00 bits per heavy atom. The van der Waals surface area contributed by atoms with Gasteiger partial charge in [0.05, 0.1) is 5.02 Å². The number of hydrogen-bond donors (Lipinski definition) is 0. The molecule has 0 aliphatic heterocycles. The number of aromatic nitrogens is 3. The molecule has 0 amide bonds. The Balaban J connectivity index is 2.35. The topological polar surface area (TPSA) is 30.7 Å². The van der Waals surface area contributed by atoms with Gasteiger partial charge in [0.1, 0.15) is 11.3 Å². The fraction of sp³-hybridized carbons (Fsp3) is 0.500. The van der Waals surface area contributed by atoms with Crippen molar-refractivity contribution < 1.29 is 0 Å². The van der Waals surface area contributed by atoms with E-state index in [1.807, 2.05) is 17.8 Å². The van der Waals surface area contributed by atoms with Crippen molar-refractivity contribution in [2.24, 2.45) is 0 Å². The SMILES string of the molecule is CSCCCn1c(CCCl)nc2cc(Cl)cnc21. The van der Waals surface area contributed by atoms with Crippen LogP contribution in [0.15, 0.2) is 12.3 Å². The average Bonchev–Trinajstić information content (AvgIpc) is 2.67. The van der Waals surface area contributed by atoms with Crippen molar-refractivity contribution in [2.45, 2.75) is 19.4 Å². The van der Waals surface area contributed by atoms with Gasteiger partial charge in [-0.25, -0.2) is 9.97 Å². The van der Waals surface area contributed by atoms with Crippen LogP contribution in [0.1, 0.15) is 12.2 Å². The molecule has 0 saturated carbocycles. The van der Waals surface area contributed by atoms with Crippen molar-refractivity contribution in [3.05, 3.63) is 23.1 Å². The Morgan fingerprint density at radius 1 is 1.44 bits per heavy atom. The summed E-state index contributed by atoms with van der Waals surface area (Å²) in [5.74, 6) is 2.70. The Kier molecular flexibility index (Phi) is 5.15. The summed E-state index contributed by atoms with van der Waals surface area (Å²) in [6.45, 7) is 0.929. The molecule has 0 aromatic carbocycles. The highest BCUT2D eigenvalue weighted by Crippen LogP contribution is 2.19. The number of fused-ring (bicyclic) bond motifs is 1. The Bertz CT molecular complexity index is 527. The van der Waals surface area contributed by atoms with Crippen LogP contribution in [0, 0.1) is 0 Å². The zero-order valence-corrected chi connectivity index (χ0v) is 12.5. The van der Waals surface area contributed by atoms with E-state index in [0.29, 0.717) is 10.9 Å². The van der Waals surface area contributed by atoms with Gasteiger partial charge in [0, 0.05) is 25.0 Å². The maximum atomic E-state index is 5.94. The number of aryl methyl sites for hydroxylation is 2. The lowest BCUT2D eigenvalue weighted by Crippen LogP contribution is -2.06. The van der Waals surface area contributed by atoms with E-state index in [1.165, 1.54) is 0 Å². The summed E-state index contributed by atoms with van der Waals surface area (Å²) in [5.41, 5.74) is 1.76. The molecule has 0 radical (unpaired) electrons. The lowest BCUT2D eigenvalue weighted by atomic mass is 10.4. The summed E-state index contributed by atoms with van der Waals surface area (Å²) in [4.78, 5) is 8.95. The summed E-state index contributed by atoms with van der Waals surface area (Å²) in [5, 5.41) is 0.619. The summed E-state index contributed by atoms with van der Waals surface area (Å²) >= 11 is 13.6. The Hall–Kier alpha value is -0.450. The molecule has 2 rings (SSSR count). The quantitative estimate of drug-likeness (QED) is 0.603. The normalized spacial score (nSPS) is 11.3. The number of halogens is 2. The number of alkyl halides is 1. The number of thioether (sulfide) groups is 1. The number of pyridine rings is 1. The van der Waals surface area contributed by atoms with E-state index in [0.717, 1.165) is 42.1 Å². The lowest BCUT2D eigenvalue weighted by molar-refractivity contribution is 0.660. The molecule has 0 atom stereocenters. The summed E-state index contributed by atoms with van der Waals surface area (Å²) in [7, 11) is 0. The average molecular weight is 304 g/mol. The van der Waals surface area contributed by atoms with Gasteiger partial charge in [0.2, 0.25) is 0 Å². The molecule has 0 fully saturated rings. The second-order valence-electron chi connectivity index (χ2n) is 3.96. The summed E-state index contributed by atoms with van der Waals surface area (Å²) in [6, 6.07) is 1.85. The van der Waals surface area contributed by atoms with Crippen LogP contribution in [0.5, 0.6) is 0 Å². The van der Waals surface area contributed by atoms with E-state index in [9.17, 15) is 0 Å². The van der Waals surface area contributed by atoms with Gasteiger partial charge < -0.3 is 4.57 Å². The van der Waals surface area contributed by atoms with Crippen LogP contribution in [0.3, 0.4) is 0 Å². The van der Waals surface area contributed by atoms with Gasteiger partial charge in [-0.2, -0.15) is 11.8 Å². The highest BCUT2D eigenvalue weighted by molar-refractivity contribution is 7.98. The minimum atomic E-state index is 0.569. The van der Waals surface area contributed by atoms with E-state index < -0.39 is 0 Å². The molecule has 0 unspecified atom stereocenters. The van der Waals surface area contributed by atoms with Crippen molar-refractivity contribution >= 4 is 46.1 Å². The first-order valence-electron chi connectivity index (χ1n) is 5.82. The van der Waals surface area contributed by atoms with Gasteiger partial charge in [-0.3, -0.25) is 0 Å². The van der Waals surface area contributed by atoms with Gasteiger partial charge in [0.15, 0.2) is 5.65 Å². The smallest absolute Gasteiger partial charge is 0.160 e. The molecule has 0 saturated heterocycles. The fourth-order valence-electron chi connectivity index (χ4n) is 1.91. The number of rotatable bonds is 6. The highest BCUT2D eigenvalue weighted by atomic mass is 35.5. The van der Waals surface area contributed by atoms with Crippen molar-refractivity contribution in [3.63, 3.8) is 0 Å². The molecule has 0 aliphatic rings. The van der Waals surface area contributed by atoms with Gasteiger partial charge in [-0.15, -0.1) is 11.6 Å². The summed E-state index contributed by atoms with van der Waals surface area (Å²) in [6.07, 6.45) is 5.64. The third kappa shape index (κ3) is 3.11. The maximum Gasteiger partial charge on any atom is 0.160 e. The largest absolute Gasteiger partial charge is 0.313 e. The van der Waals surface area contributed by atoms with Gasteiger partial charge >= 0.3 is 0 Å². The molecule has 3 nitrogen and oxygen atoms in total. The molecule has 18 heavy (non-hydrogen) atoms. The first kappa shape index (κ1) is 14.0. The van der Waals surface area contributed by atoms with E-state index in [-0.39, 0.29) is 0 Å². The van der Waals surface area contributed by atoms with Crippen LogP contribution >= 0.6 is 35.0 Å². The maximum absolute atomic E-state index is 5.94. The molecule has 0 spiro atoms. The molecule has 98 valence electrons. The van der Waals surface area contributed by atoms with Crippen LogP contribution in [0.4, 0.5) is 0 Å². The van der Waals surface area contributed by atoms with Gasteiger partial charge in [-0.05, 0) is 24.5 Å². The van der Waals surface area contributed by atoms with Crippen LogP contribution in [-0.2, 0) is 13.0 Å². The van der Waals surface area contributed by atoms with Crippen LogP contribution < -0.4 is 0 Å². The zero-order chi connectivity index (χ0) is 13.0. The van der Waals surface area contributed by atoms with Crippen LogP contribution in [0.25, 0.3) is 11.2 Å². The Morgan fingerprint density at radius 2 is 2.28 bits per heavy atom. The van der Waals surface area contributed by atoms with E-state index in [4.69, 9.17) is 23.2 Å². The number of nitrogens with zero attached hydrogens (tertiary/aromatic N) is 3. The van der Waals surface area contributed by atoms with Crippen molar-refractivity contribution in [2.75, 3.05) is 17.9 Å². The van der Waals surface area contributed by atoms with E-state index >= 15 is 0 Å². The van der Waals surface area contributed by atoms with E-state index in [2.05, 4.69) is 20.8 Å². The molecule has 2 aromatic heterocycles. The monoisotopic (exact) mass is 303 g/mol. The summed E-state index contributed by atoms with van der Waals surface area (Å²) < 4.78 is 2.16. The van der Waals surface area contributed by atoms with Crippen LogP contribution in [0.2, 0.25) is 5.02 Å². The minimum Gasteiger partial charge on any atom is -0.313 e. The second kappa shape index (κ2) is 6.64. The molecular formula is C12H15Cl2N3S. The first-order valence-corrected chi connectivity index (χ1v) is 8.12. The molecule has 2 heterocycles. The highest BCUT2D eigenvalue weighted by Gasteiger charge is 2.11. The van der Waals surface area contributed by atoms with E-state index in [1.54, 1.807) is 6.20 Å². The predicted octanol–water partition coefficient (Wildman–Crippen LogP) is 3.62. The van der Waals surface area contributed by atoms with Gasteiger partial charge in [0.25, 0.3) is 0 Å². The third-order valence-electron chi connectivity index (χ3n) is 2.68. The number of imidazole rings is 1. The van der Waals surface area contributed by atoms with Crippen molar-refractivity contribution in [1.82, 2.24) is 14.5 Å². The molecular weight excluding hydrogens is 289 g/mol. The molecule has 0 N–H and O–H groups in total. The fourth-order valence-corrected chi connectivity index (χ4v) is 2.65. The molecule has 6 heteroatoms. The van der Waals surface area contributed by atoms with Crippen LogP contribution in [-0.4, -0.2) is 32.4 Å². The molecule has 2 aromatic rings. The predicted molar refractivity (Wildman–Crippen MR) is 80.0 cm³/mol. The standard InChI is InChI=1S/C12H15Cl2N3S/c1-18-6-2-5-17-11(3-4-13)16-10-7-9(14)8-15-12(10)17/h7-8H,2-6H2,1H3. The first-order chi connectivity index (χ1) is 8.76. The molecule has 0 aliphatic carbocycles. The minimum absolute atomic E-state index is 0.569. The third-order valence-corrected chi connectivity index (χ3v) is 3.77. The zero-order valence-electron chi connectivity index (χ0n) is 10.2. The Labute approximate surface area is 121 Å².